The van der Waals surface area contributed by atoms with Crippen LogP contribution in [0.25, 0.3) is 0 Å². The molecule has 6 nitrogen and oxygen atoms in total. The molecule has 1 saturated heterocycles. The van der Waals surface area contributed by atoms with Crippen LogP contribution in [0.2, 0.25) is 0 Å². The molecule has 2 aliphatic rings. The van der Waals surface area contributed by atoms with Crippen LogP contribution in [-0.4, -0.2) is 47.9 Å². The van der Waals surface area contributed by atoms with Crippen molar-refractivity contribution in [2.24, 2.45) is 0 Å². The van der Waals surface area contributed by atoms with Gasteiger partial charge in [-0.05, 0) is 32.1 Å². The Kier molecular flexibility index (Phi) is 7.53. The minimum absolute atomic E-state index is 0.0217. The molecule has 1 aliphatic carbocycles. The molecule has 0 spiro atoms. The molecule has 1 aliphatic heterocycles. The molecule has 0 aromatic heterocycles. The summed E-state index contributed by atoms with van der Waals surface area (Å²) in [4.78, 5) is 38.3. The number of hydrogen-bond acceptors (Lipinski definition) is 4. The minimum Gasteiger partial charge on any atom is -0.462 e. The van der Waals surface area contributed by atoms with Gasteiger partial charge in [-0.2, -0.15) is 0 Å². The number of carbonyl (C=O) groups is 3. The molecule has 136 valence electrons. The Bertz CT molecular complexity index is 446. The normalized spacial score (nSPS) is 22.1. The van der Waals surface area contributed by atoms with Gasteiger partial charge in [-0.1, -0.05) is 26.2 Å². The van der Waals surface area contributed by atoms with Crippen molar-refractivity contribution in [2.75, 3.05) is 13.1 Å². The lowest BCUT2D eigenvalue weighted by atomic mass is 9.98. The van der Waals surface area contributed by atoms with E-state index < -0.39 is 6.04 Å². The Morgan fingerprint density at radius 1 is 1.21 bits per heavy atom. The highest BCUT2D eigenvalue weighted by atomic mass is 16.5. The number of carbonyl (C=O) groups excluding carboxylic acids is 3. The topological polar surface area (TPSA) is 75.7 Å². The van der Waals surface area contributed by atoms with Crippen LogP contribution < -0.4 is 5.32 Å². The summed E-state index contributed by atoms with van der Waals surface area (Å²) in [6, 6.07) is -0.719. The predicted molar refractivity (Wildman–Crippen MR) is 90.2 cm³/mol. The van der Waals surface area contributed by atoms with Crippen molar-refractivity contribution in [3.05, 3.63) is 0 Å². The fourth-order valence-electron chi connectivity index (χ4n) is 3.46. The fourth-order valence-corrected chi connectivity index (χ4v) is 3.46. The third-order valence-corrected chi connectivity index (χ3v) is 4.86. The van der Waals surface area contributed by atoms with Gasteiger partial charge in [-0.25, -0.2) is 0 Å². The van der Waals surface area contributed by atoms with Crippen LogP contribution in [-0.2, 0) is 19.1 Å². The van der Waals surface area contributed by atoms with Crippen molar-refractivity contribution in [3.8, 4) is 0 Å². The van der Waals surface area contributed by atoms with E-state index >= 15 is 0 Å². The maximum Gasteiger partial charge on any atom is 0.308 e. The SMILES string of the molecule is CCCCCC(=O)N1CCNC(=O)C1CC(=O)OC1CCCCC1. The Morgan fingerprint density at radius 3 is 2.67 bits per heavy atom. The Labute approximate surface area is 144 Å². The Morgan fingerprint density at radius 2 is 1.96 bits per heavy atom. The highest BCUT2D eigenvalue weighted by molar-refractivity contribution is 5.91. The molecule has 1 atom stereocenters. The molecular formula is C18H30N2O4. The van der Waals surface area contributed by atoms with Crippen LogP contribution in [0.3, 0.4) is 0 Å². The minimum atomic E-state index is -0.719. The van der Waals surface area contributed by atoms with E-state index in [1.165, 1.54) is 6.42 Å². The summed E-state index contributed by atoms with van der Waals surface area (Å²) in [5.41, 5.74) is 0. The number of unbranched alkanes of at least 4 members (excludes halogenated alkanes) is 2. The summed E-state index contributed by atoms with van der Waals surface area (Å²) < 4.78 is 5.51. The third kappa shape index (κ3) is 5.49. The van der Waals surface area contributed by atoms with Crippen LogP contribution in [0, 0.1) is 0 Å². The van der Waals surface area contributed by atoms with Gasteiger partial charge in [0.05, 0.1) is 6.42 Å². The van der Waals surface area contributed by atoms with E-state index in [2.05, 4.69) is 12.2 Å². The first kappa shape index (κ1) is 18.7. The van der Waals surface area contributed by atoms with Crippen LogP contribution in [0.1, 0.15) is 71.1 Å². The third-order valence-electron chi connectivity index (χ3n) is 4.86. The quantitative estimate of drug-likeness (QED) is 0.570. The standard InChI is InChI=1S/C18H30N2O4/c1-2-3-5-10-16(21)20-12-11-19-18(23)15(20)13-17(22)24-14-8-6-4-7-9-14/h14-15H,2-13H2,1H3,(H,19,23). The van der Waals surface area contributed by atoms with Gasteiger partial charge in [0, 0.05) is 19.5 Å². The zero-order chi connectivity index (χ0) is 17.4. The summed E-state index contributed by atoms with van der Waals surface area (Å²) in [7, 11) is 0. The molecule has 1 saturated carbocycles. The van der Waals surface area contributed by atoms with E-state index in [9.17, 15) is 14.4 Å². The Hall–Kier alpha value is -1.59. The zero-order valence-corrected chi connectivity index (χ0v) is 14.7. The zero-order valence-electron chi connectivity index (χ0n) is 14.7. The van der Waals surface area contributed by atoms with Crippen LogP contribution in [0.5, 0.6) is 0 Å². The van der Waals surface area contributed by atoms with Gasteiger partial charge in [0.15, 0.2) is 0 Å². The smallest absolute Gasteiger partial charge is 0.308 e. The molecule has 2 rings (SSSR count). The van der Waals surface area contributed by atoms with Crippen molar-refractivity contribution in [3.63, 3.8) is 0 Å². The number of nitrogens with one attached hydrogen (secondary N) is 1. The highest BCUT2D eigenvalue weighted by Gasteiger charge is 2.35. The van der Waals surface area contributed by atoms with Crippen LogP contribution in [0.4, 0.5) is 0 Å². The number of ether oxygens (including phenoxy) is 1. The molecule has 0 aromatic carbocycles. The van der Waals surface area contributed by atoms with Gasteiger partial charge in [0.25, 0.3) is 0 Å². The maximum absolute atomic E-state index is 12.4. The van der Waals surface area contributed by atoms with Crippen molar-refractivity contribution in [1.82, 2.24) is 10.2 Å². The number of nitrogens with zero attached hydrogens (tertiary/aromatic N) is 1. The van der Waals surface area contributed by atoms with E-state index in [4.69, 9.17) is 4.74 Å². The molecule has 0 bridgehead atoms. The summed E-state index contributed by atoms with van der Waals surface area (Å²) in [5, 5.41) is 2.75. The van der Waals surface area contributed by atoms with Crippen molar-refractivity contribution in [1.29, 1.82) is 0 Å². The molecule has 1 heterocycles. The first-order valence-corrected chi connectivity index (χ1v) is 9.38. The predicted octanol–water partition coefficient (Wildman–Crippen LogP) is 2.16. The summed E-state index contributed by atoms with van der Waals surface area (Å²) in [5.74, 6) is -0.644. The average molecular weight is 338 g/mol. The summed E-state index contributed by atoms with van der Waals surface area (Å²) in [6.45, 7) is 3.01. The maximum atomic E-state index is 12.4. The highest BCUT2D eigenvalue weighted by Crippen LogP contribution is 2.21. The molecule has 2 fully saturated rings. The lowest BCUT2D eigenvalue weighted by molar-refractivity contribution is -0.156. The van der Waals surface area contributed by atoms with Crippen molar-refractivity contribution >= 4 is 17.8 Å². The van der Waals surface area contributed by atoms with Gasteiger partial charge in [-0.15, -0.1) is 0 Å². The lowest BCUT2D eigenvalue weighted by Gasteiger charge is -2.35. The molecule has 2 amide bonds. The molecule has 6 heteroatoms. The second-order valence-corrected chi connectivity index (χ2v) is 6.81. The number of esters is 1. The van der Waals surface area contributed by atoms with E-state index in [-0.39, 0.29) is 30.3 Å². The number of amides is 2. The average Bonchev–Trinajstić information content (AvgIpc) is 2.57. The van der Waals surface area contributed by atoms with Crippen LogP contribution in [0.15, 0.2) is 0 Å². The fraction of sp³-hybridized carbons (Fsp3) is 0.833. The van der Waals surface area contributed by atoms with Gasteiger partial charge in [-0.3, -0.25) is 14.4 Å². The van der Waals surface area contributed by atoms with Gasteiger partial charge < -0.3 is 15.0 Å². The van der Waals surface area contributed by atoms with E-state index in [1.54, 1.807) is 4.90 Å². The summed E-state index contributed by atoms with van der Waals surface area (Å²) in [6.07, 6.45) is 8.43. The number of piperazine rings is 1. The largest absolute Gasteiger partial charge is 0.462 e. The van der Waals surface area contributed by atoms with Crippen LogP contribution >= 0.6 is 0 Å². The van der Waals surface area contributed by atoms with E-state index in [0.717, 1.165) is 44.9 Å². The summed E-state index contributed by atoms with van der Waals surface area (Å²) >= 11 is 0. The van der Waals surface area contributed by atoms with E-state index in [1.807, 2.05) is 0 Å². The first-order valence-electron chi connectivity index (χ1n) is 9.38. The van der Waals surface area contributed by atoms with Gasteiger partial charge in [0.1, 0.15) is 12.1 Å². The monoisotopic (exact) mass is 338 g/mol. The molecule has 0 radical (unpaired) electrons. The van der Waals surface area contributed by atoms with Gasteiger partial charge >= 0.3 is 5.97 Å². The lowest BCUT2D eigenvalue weighted by Crippen LogP contribution is -2.57. The molecular weight excluding hydrogens is 308 g/mol. The molecule has 1 N–H and O–H groups in total. The second kappa shape index (κ2) is 9.64. The van der Waals surface area contributed by atoms with Gasteiger partial charge in [0.2, 0.25) is 11.8 Å². The molecule has 24 heavy (non-hydrogen) atoms. The number of rotatable bonds is 7. The number of hydrogen-bond donors (Lipinski definition) is 1. The van der Waals surface area contributed by atoms with Crippen molar-refractivity contribution in [2.45, 2.75) is 83.3 Å². The second-order valence-electron chi connectivity index (χ2n) is 6.81. The molecule has 1 unspecified atom stereocenters. The first-order chi connectivity index (χ1) is 11.6. The van der Waals surface area contributed by atoms with Crippen molar-refractivity contribution < 1.29 is 19.1 Å². The molecule has 0 aromatic rings. The van der Waals surface area contributed by atoms with E-state index in [0.29, 0.717) is 19.5 Å². The Balaban J connectivity index is 1.88.